The Morgan fingerprint density at radius 3 is 2.29 bits per heavy atom. The van der Waals surface area contributed by atoms with Crippen LogP contribution in [0.1, 0.15) is 68.6 Å². The molecule has 0 heterocycles. The van der Waals surface area contributed by atoms with Gasteiger partial charge in [0.05, 0.1) is 12.2 Å². The van der Waals surface area contributed by atoms with Crippen LogP contribution in [0.5, 0.6) is 0 Å². The third kappa shape index (κ3) is 8.10. The van der Waals surface area contributed by atoms with Crippen LogP contribution in [0.15, 0.2) is 22.7 Å². The Kier molecular flexibility index (Phi) is 9.15. The first kappa shape index (κ1) is 18.0. The number of nitrogens with two attached hydrogens (primary N) is 1. The number of nitrogen functional groups attached to an aromatic ring is 1. The average molecular weight is 356 g/mol. The molecule has 0 fully saturated rings. The molecule has 1 rings (SSSR count). The molecule has 0 spiro atoms. The molecule has 0 aliphatic rings. The van der Waals surface area contributed by atoms with Crippen molar-refractivity contribution in [2.45, 2.75) is 58.3 Å². The molecule has 0 saturated carbocycles. The number of hydrogen-bond donors (Lipinski definition) is 1. The zero-order chi connectivity index (χ0) is 15.5. The van der Waals surface area contributed by atoms with E-state index in [-0.39, 0.29) is 5.97 Å². The van der Waals surface area contributed by atoms with E-state index >= 15 is 0 Å². The van der Waals surface area contributed by atoms with Gasteiger partial charge in [-0.15, -0.1) is 0 Å². The molecule has 118 valence electrons. The van der Waals surface area contributed by atoms with Gasteiger partial charge in [0.1, 0.15) is 0 Å². The number of rotatable bonds is 10. The highest BCUT2D eigenvalue weighted by Crippen LogP contribution is 2.18. The summed E-state index contributed by atoms with van der Waals surface area (Å²) in [5.41, 5.74) is 6.76. The maximum absolute atomic E-state index is 11.9. The molecule has 0 aliphatic carbocycles. The summed E-state index contributed by atoms with van der Waals surface area (Å²) in [7, 11) is 0. The molecule has 2 N–H and O–H groups in total. The molecule has 0 amide bonds. The summed E-state index contributed by atoms with van der Waals surface area (Å²) in [6.45, 7) is 2.72. The molecule has 0 radical (unpaired) electrons. The number of esters is 1. The van der Waals surface area contributed by atoms with E-state index in [9.17, 15) is 4.79 Å². The largest absolute Gasteiger partial charge is 0.462 e. The van der Waals surface area contributed by atoms with E-state index in [1.165, 1.54) is 38.5 Å². The van der Waals surface area contributed by atoms with Crippen LogP contribution < -0.4 is 5.73 Å². The standard InChI is InChI=1S/C17H26BrNO2/c1-2-3-4-5-6-7-8-9-10-21-17(20)14-11-15(18)13-16(19)12-14/h11-13H,2-10,19H2,1H3. The molecule has 0 aliphatic heterocycles. The maximum Gasteiger partial charge on any atom is 0.338 e. The number of benzene rings is 1. The molecule has 21 heavy (non-hydrogen) atoms. The fourth-order valence-corrected chi connectivity index (χ4v) is 2.73. The van der Waals surface area contributed by atoms with E-state index in [0.717, 1.165) is 17.3 Å². The van der Waals surface area contributed by atoms with Crippen LogP contribution in [0.25, 0.3) is 0 Å². The Morgan fingerprint density at radius 2 is 1.67 bits per heavy atom. The molecule has 0 bridgehead atoms. The quantitative estimate of drug-likeness (QED) is 0.350. The Labute approximate surface area is 136 Å². The van der Waals surface area contributed by atoms with Gasteiger partial charge in [0.15, 0.2) is 0 Å². The van der Waals surface area contributed by atoms with Crippen molar-refractivity contribution in [1.29, 1.82) is 0 Å². The lowest BCUT2D eigenvalue weighted by molar-refractivity contribution is 0.0497. The second-order valence-electron chi connectivity index (χ2n) is 5.38. The van der Waals surface area contributed by atoms with Gasteiger partial charge in [0.25, 0.3) is 0 Å². The van der Waals surface area contributed by atoms with E-state index in [4.69, 9.17) is 10.5 Å². The third-order valence-electron chi connectivity index (χ3n) is 3.39. The Bertz CT molecular complexity index is 415. The summed E-state index contributed by atoms with van der Waals surface area (Å²) in [6.07, 6.45) is 9.87. The van der Waals surface area contributed by atoms with Gasteiger partial charge in [-0.3, -0.25) is 0 Å². The van der Waals surface area contributed by atoms with E-state index in [0.29, 0.717) is 17.9 Å². The fraction of sp³-hybridized carbons (Fsp3) is 0.588. The summed E-state index contributed by atoms with van der Waals surface area (Å²) >= 11 is 3.32. The molecule has 1 aromatic rings. The lowest BCUT2D eigenvalue weighted by atomic mass is 10.1. The summed E-state index contributed by atoms with van der Waals surface area (Å²) in [4.78, 5) is 11.9. The third-order valence-corrected chi connectivity index (χ3v) is 3.84. The summed E-state index contributed by atoms with van der Waals surface area (Å²) in [6, 6.07) is 5.13. The smallest absolute Gasteiger partial charge is 0.338 e. The Morgan fingerprint density at radius 1 is 1.05 bits per heavy atom. The summed E-state index contributed by atoms with van der Waals surface area (Å²) in [5.74, 6) is -0.300. The van der Waals surface area contributed by atoms with Gasteiger partial charge < -0.3 is 10.5 Å². The average Bonchev–Trinajstić information content (AvgIpc) is 2.44. The van der Waals surface area contributed by atoms with E-state index in [2.05, 4.69) is 22.9 Å². The van der Waals surface area contributed by atoms with Gasteiger partial charge in [0, 0.05) is 10.2 Å². The van der Waals surface area contributed by atoms with Gasteiger partial charge in [-0.2, -0.15) is 0 Å². The Hall–Kier alpha value is -1.03. The zero-order valence-corrected chi connectivity index (χ0v) is 14.5. The number of unbranched alkanes of at least 4 members (excludes halogenated alkanes) is 7. The molecule has 0 saturated heterocycles. The minimum atomic E-state index is -0.300. The highest BCUT2D eigenvalue weighted by molar-refractivity contribution is 9.10. The minimum absolute atomic E-state index is 0.300. The van der Waals surface area contributed by atoms with Crippen molar-refractivity contribution < 1.29 is 9.53 Å². The van der Waals surface area contributed by atoms with Crippen LogP contribution in [0.4, 0.5) is 5.69 Å². The van der Waals surface area contributed by atoms with Crippen molar-refractivity contribution in [1.82, 2.24) is 0 Å². The normalized spacial score (nSPS) is 10.6. The number of carbonyl (C=O) groups excluding carboxylic acids is 1. The topological polar surface area (TPSA) is 52.3 Å². The number of anilines is 1. The molecular formula is C17H26BrNO2. The second-order valence-corrected chi connectivity index (χ2v) is 6.30. The maximum atomic E-state index is 11.9. The molecule has 3 nitrogen and oxygen atoms in total. The van der Waals surface area contributed by atoms with E-state index in [1.54, 1.807) is 18.2 Å². The highest BCUT2D eigenvalue weighted by Gasteiger charge is 2.08. The van der Waals surface area contributed by atoms with Gasteiger partial charge in [-0.25, -0.2) is 4.79 Å². The van der Waals surface area contributed by atoms with Gasteiger partial charge in [0.2, 0.25) is 0 Å². The van der Waals surface area contributed by atoms with Gasteiger partial charge in [-0.1, -0.05) is 67.8 Å². The zero-order valence-electron chi connectivity index (χ0n) is 12.9. The van der Waals surface area contributed by atoms with E-state index < -0.39 is 0 Å². The number of hydrogen-bond acceptors (Lipinski definition) is 3. The monoisotopic (exact) mass is 355 g/mol. The lowest BCUT2D eigenvalue weighted by Gasteiger charge is -2.06. The fourth-order valence-electron chi connectivity index (χ4n) is 2.21. The molecule has 0 unspecified atom stereocenters. The summed E-state index contributed by atoms with van der Waals surface area (Å²) < 4.78 is 6.06. The molecular weight excluding hydrogens is 330 g/mol. The SMILES string of the molecule is CCCCCCCCCCOC(=O)c1cc(N)cc(Br)c1. The van der Waals surface area contributed by atoms with Crippen LogP contribution in [-0.4, -0.2) is 12.6 Å². The second kappa shape index (κ2) is 10.7. The number of carbonyl (C=O) groups is 1. The van der Waals surface area contributed by atoms with Crippen molar-refractivity contribution in [3.63, 3.8) is 0 Å². The van der Waals surface area contributed by atoms with Crippen molar-refractivity contribution >= 4 is 27.6 Å². The molecule has 1 aromatic carbocycles. The Balaban J connectivity index is 2.11. The molecule has 0 aromatic heterocycles. The molecule has 4 heteroatoms. The van der Waals surface area contributed by atoms with Gasteiger partial charge >= 0.3 is 5.97 Å². The van der Waals surface area contributed by atoms with Crippen molar-refractivity contribution in [3.8, 4) is 0 Å². The predicted molar refractivity (Wildman–Crippen MR) is 91.4 cm³/mol. The van der Waals surface area contributed by atoms with Crippen LogP contribution >= 0.6 is 15.9 Å². The first-order valence-corrected chi connectivity index (χ1v) is 8.66. The van der Waals surface area contributed by atoms with Crippen molar-refractivity contribution in [3.05, 3.63) is 28.2 Å². The van der Waals surface area contributed by atoms with Crippen LogP contribution in [0, 0.1) is 0 Å². The van der Waals surface area contributed by atoms with E-state index in [1.807, 2.05) is 0 Å². The van der Waals surface area contributed by atoms with Crippen molar-refractivity contribution in [2.24, 2.45) is 0 Å². The molecule has 0 atom stereocenters. The first-order valence-electron chi connectivity index (χ1n) is 7.86. The predicted octanol–water partition coefficient (Wildman–Crippen LogP) is 5.33. The van der Waals surface area contributed by atoms with Crippen LogP contribution in [0.3, 0.4) is 0 Å². The number of halogens is 1. The summed E-state index contributed by atoms with van der Waals surface area (Å²) in [5, 5.41) is 0. The van der Waals surface area contributed by atoms with Crippen molar-refractivity contribution in [2.75, 3.05) is 12.3 Å². The lowest BCUT2D eigenvalue weighted by Crippen LogP contribution is -2.07. The first-order chi connectivity index (χ1) is 10.1. The minimum Gasteiger partial charge on any atom is -0.462 e. The highest BCUT2D eigenvalue weighted by atomic mass is 79.9. The van der Waals surface area contributed by atoms with Gasteiger partial charge in [-0.05, 0) is 24.6 Å². The van der Waals surface area contributed by atoms with Crippen LogP contribution in [0.2, 0.25) is 0 Å². The number of ether oxygens (including phenoxy) is 1. The van der Waals surface area contributed by atoms with Crippen LogP contribution in [-0.2, 0) is 4.74 Å².